The number of phenolic OH excluding ortho intramolecular Hbond substituents is 1. The monoisotopic (exact) mass is 451 g/mol. The number of hydrogen-bond acceptors (Lipinski definition) is 4. The van der Waals surface area contributed by atoms with Gasteiger partial charge in [0.25, 0.3) is 0 Å². The summed E-state index contributed by atoms with van der Waals surface area (Å²) in [5.41, 5.74) is 4.85. The van der Waals surface area contributed by atoms with E-state index < -0.39 is 0 Å². The molecule has 0 radical (unpaired) electrons. The van der Waals surface area contributed by atoms with Crippen LogP contribution in [0.25, 0.3) is 56.1 Å². The fourth-order valence-corrected chi connectivity index (χ4v) is 4.30. The number of nitrogens with zero attached hydrogens (tertiary/aromatic N) is 3. The molecule has 0 aliphatic carbocycles. The molecule has 0 fully saturated rings. The van der Waals surface area contributed by atoms with E-state index in [0.29, 0.717) is 17.5 Å². The van der Waals surface area contributed by atoms with E-state index in [4.69, 9.17) is 15.0 Å². The SMILES string of the molecule is Oc1ccc(-c2cccc(-c3nc(-c4ccccc4)nc(-c4ccccc4)n3)c2)c2ccccc12. The molecule has 0 unspecified atom stereocenters. The van der Waals surface area contributed by atoms with Gasteiger partial charge in [-0.05, 0) is 28.6 Å². The minimum Gasteiger partial charge on any atom is -0.507 e. The lowest BCUT2D eigenvalue weighted by molar-refractivity contribution is 0.481. The summed E-state index contributed by atoms with van der Waals surface area (Å²) in [6, 6.07) is 39.7. The summed E-state index contributed by atoms with van der Waals surface area (Å²) in [6.45, 7) is 0. The van der Waals surface area contributed by atoms with E-state index in [1.165, 1.54) is 0 Å². The number of aromatic nitrogens is 3. The van der Waals surface area contributed by atoms with Crippen LogP contribution in [0.15, 0.2) is 121 Å². The van der Waals surface area contributed by atoms with Gasteiger partial charge in [0, 0.05) is 22.1 Å². The molecule has 0 aliphatic rings. The number of phenols is 1. The van der Waals surface area contributed by atoms with Gasteiger partial charge in [-0.2, -0.15) is 0 Å². The van der Waals surface area contributed by atoms with Crippen molar-refractivity contribution in [3.63, 3.8) is 0 Å². The molecule has 0 saturated heterocycles. The lowest BCUT2D eigenvalue weighted by Gasteiger charge is -2.11. The van der Waals surface area contributed by atoms with Gasteiger partial charge in [0.05, 0.1) is 0 Å². The van der Waals surface area contributed by atoms with Crippen molar-refractivity contribution in [1.29, 1.82) is 0 Å². The van der Waals surface area contributed by atoms with Crippen LogP contribution < -0.4 is 0 Å². The highest BCUT2D eigenvalue weighted by Gasteiger charge is 2.13. The van der Waals surface area contributed by atoms with Crippen LogP contribution in [0.3, 0.4) is 0 Å². The molecule has 0 spiro atoms. The zero-order valence-electron chi connectivity index (χ0n) is 18.8. The Hall–Kier alpha value is -4.83. The molecule has 1 aromatic heterocycles. The predicted molar refractivity (Wildman–Crippen MR) is 141 cm³/mol. The third kappa shape index (κ3) is 4.02. The zero-order chi connectivity index (χ0) is 23.6. The molecule has 166 valence electrons. The van der Waals surface area contributed by atoms with E-state index in [2.05, 4.69) is 12.1 Å². The van der Waals surface area contributed by atoms with Crippen LogP contribution in [-0.4, -0.2) is 20.1 Å². The molecule has 4 nitrogen and oxygen atoms in total. The van der Waals surface area contributed by atoms with Crippen molar-refractivity contribution >= 4 is 10.8 Å². The number of fused-ring (bicyclic) bond motifs is 1. The van der Waals surface area contributed by atoms with Crippen molar-refractivity contribution in [2.24, 2.45) is 0 Å². The van der Waals surface area contributed by atoms with E-state index in [1.807, 2.05) is 103 Å². The Morgan fingerprint density at radius 2 is 0.886 bits per heavy atom. The quantitative estimate of drug-likeness (QED) is 0.303. The molecule has 6 rings (SSSR count). The molecule has 35 heavy (non-hydrogen) atoms. The normalized spacial score (nSPS) is 11.0. The second-order valence-electron chi connectivity index (χ2n) is 8.30. The molecule has 4 heteroatoms. The predicted octanol–water partition coefficient (Wildman–Crippen LogP) is 7.40. The minimum absolute atomic E-state index is 0.276. The minimum atomic E-state index is 0.276. The maximum atomic E-state index is 10.3. The highest BCUT2D eigenvalue weighted by molar-refractivity contribution is 6.00. The second-order valence-corrected chi connectivity index (χ2v) is 8.30. The van der Waals surface area contributed by atoms with Crippen LogP contribution >= 0.6 is 0 Å². The first-order valence-corrected chi connectivity index (χ1v) is 11.4. The van der Waals surface area contributed by atoms with Gasteiger partial charge in [-0.25, -0.2) is 15.0 Å². The van der Waals surface area contributed by atoms with Crippen LogP contribution in [0.1, 0.15) is 0 Å². The highest BCUT2D eigenvalue weighted by atomic mass is 16.3. The standard InChI is InChI=1S/C31H21N3O/c35-28-19-18-25(26-16-7-8-17-27(26)28)23-14-9-15-24(20-23)31-33-29(21-10-3-1-4-11-21)32-30(34-31)22-12-5-2-6-13-22/h1-20,35H. The zero-order valence-corrected chi connectivity index (χ0v) is 18.8. The molecule has 0 saturated carbocycles. The third-order valence-electron chi connectivity index (χ3n) is 6.03. The highest BCUT2D eigenvalue weighted by Crippen LogP contribution is 2.35. The topological polar surface area (TPSA) is 58.9 Å². The summed E-state index contributed by atoms with van der Waals surface area (Å²) in [5, 5.41) is 12.1. The maximum absolute atomic E-state index is 10.3. The number of benzene rings is 5. The summed E-state index contributed by atoms with van der Waals surface area (Å²) < 4.78 is 0. The van der Waals surface area contributed by atoms with Crippen molar-refractivity contribution in [2.45, 2.75) is 0 Å². The van der Waals surface area contributed by atoms with Crippen LogP contribution in [0, 0.1) is 0 Å². The molecule has 6 aromatic rings. The Morgan fingerprint density at radius 1 is 0.400 bits per heavy atom. The molecule has 0 amide bonds. The lowest BCUT2D eigenvalue weighted by Crippen LogP contribution is -2.00. The average Bonchev–Trinajstić information content (AvgIpc) is 2.94. The fourth-order valence-electron chi connectivity index (χ4n) is 4.30. The summed E-state index contributed by atoms with van der Waals surface area (Å²) >= 11 is 0. The van der Waals surface area contributed by atoms with Gasteiger partial charge >= 0.3 is 0 Å². The molecule has 1 N–H and O–H groups in total. The van der Waals surface area contributed by atoms with Gasteiger partial charge in [-0.3, -0.25) is 0 Å². The first-order valence-electron chi connectivity index (χ1n) is 11.4. The molecular weight excluding hydrogens is 430 g/mol. The van der Waals surface area contributed by atoms with Crippen LogP contribution in [0.5, 0.6) is 5.75 Å². The lowest BCUT2D eigenvalue weighted by atomic mass is 9.96. The Morgan fingerprint density at radius 3 is 1.51 bits per heavy atom. The van der Waals surface area contributed by atoms with E-state index in [1.54, 1.807) is 6.07 Å². The van der Waals surface area contributed by atoms with Crippen molar-refractivity contribution in [2.75, 3.05) is 0 Å². The summed E-state index contributed by atoms with van der Waals surface area (Å²) in [7, 11) is 0. The Balaban J connectivity index is 1.52. The van der Waals surface area contributed by atoms with Gasteiger partial charge in [0.2, 0.25) is 0 Å². The molecule has 5 aromatic carbocycles. The smallest absolute Gasteiger partial charge is 0.164 e. The van der Waals surface area contributed by atoms with Gasteiger partial charge in [-0.1, -0.05) is 109 Å². The molecular formula is C31H21N3O. The number of rotatable bonds is 4. The van der Waals surface area contributed by atoms with E-state index >= 15 is 0 Å². The molecule has 0 aliphatic heterocycles. The van der Waals surface area contributed by atoms with E-state index in [9.17, 15) is 5.11 Å². The van der Waals surface area contributed by atoms with Crippen LogP contribution in [0.4, 0.5) is 0 Å². The van der Waals surface area contributed by atoms with Crippen molar-refractivity contribution in [1.82, 2.24) is 15.0 Å². The van der Waals surface area contributed by atoms with Crippen molar-refractivity contribution in [3.8, 4) is 51.0 Å². The van der Waals surface area contributed by atoms with E-state index in [0.717, 1.165) is 38.6 Å². The largest absolute Gasteiger partial charge is 0.507 e. The van der Waals surface area contributed by atoms with Gasteiger partial charge in [0.15, 0.2) is 17.5 Å². The van der Waals surface area contributed by atoms with Crippen molar-refractivity contribution < 1.29 is 5.11 Å². The van der Waals surface area contributed by atoms with Gasteiger partial charge < -0.3 is 5.11 Å². The first-order chi connectivity index (χ1) is 17.3. The molecule has 0 bridgehead atoms. The number of hydrogen-bond donors (Lipinski definition) is 1. The first kappa shape index (κ1) is 20.8. The number of aromatic hydroxyl groups is 1. The summed E-state index contributed by atoms with van der Waals surface area (Å²) in [5.74, 6) is 2.16. The summed E-state index contributed by atoms with van der Waals surface area (Å²) in [4.78, 5) is 14.5. The second kappa shape index (κ2) is 8.84. The molecule has 1 heterocycles. The maximum Gasteiger partial charge on any atom is 0.164 e. The van der Waals surface area contributed by atoms with Gasteiger partial charge in [0.1, 0.15) is 5.75 Å². The average molecular weight is 452 g/mol. The summed E-state index contributed by atoms with van der Waals surface area (Å²) in [6.07, 6.45) is 0. The van der Waals surface area contributed by atoms with Crippen LogP contribution in [0.2, 0.25) is 0 Å². The van der Waals surface area contributed by atoms with E-state index in [-0.39, 0.29) is 5.75 Å². The Labute approximate surface area is 203 Å². The molecule has 0 atom stereocenters. The Bertz CT molecular complexity index is 1590. The van der Waals surface area contributed by atoms with Crippen molar-refractivity contribution in [3.05, 3.63) is 121 Å². The fraction of sp³-hybridized carbons (Fsp3) is 0. The third-order valence-corrected chi connectivity index (χ3v) is 6.03. The van der Waals surface area contributed by atoms with Gasteiger partial charge in [-0.15, -0.1) is 0 Å². The Kier molecular flexibility index (Phi) is 5.24. The van der Waals surface area contributed by atoms with Crippen LogP contribution in [-0.2, 0) is 0 Å².